The van der Waals surface area contributed by atoms with Crippen molar-refractivity contribution in [3.05, 3.63) is 70.1 Å². The van der Waals surface area contributed by atoms with Gasteiger partial charge in [0.2, 0.25) is 5.78 Å². The van der Waals surface area contributed by atoms with Crippen molar-refractivity contribution in [2.45, 2.75) is 31.8 Å². The molecule has 2 atom stereocenters. The number of aromatic nitrogens is 4. The molecule has 1 aliphatic carbocycles. The van der Waals surface area contributed by atoms with Gasteiger partial charge in [0, 0.05) is 28.5 Å². The van der Waals surface area contributed by atoms with E-state index in [1.165, 1.54) is 23.3 Å². The van der Waals surface area contributed by atoms with E-state index in [0.29, 0.717) is 17.8 Å². The Bertz CT molecular complexity index is 1300. The van der Waals surface area contributed by atoms with Crippen LogP contribution in [0.1, 0.15) is 40.9 Å². The van der Waals surface area contributed by atoms with Crippen molar-refractivity contribution in [2.24, 2.45) is 11.1 Å². The van der Waals surface area contributed by atoms with E-state index in [9.17, 15) is 17.6 Å². The van der Waals surface area contributed by atoms with Crippen LogP contribution in [0.2, 0.25) is 0 Å². The number of halogens is 2. The fourth-order valence-electron chi connectivity index (χ4n) is 3.90. The number of nitrogens with zero attached hydrogens (tertiary/aromatic N) is 4. The van der Waals surface area contributed by atoms with Crippen molar-refractivity contribution in [3.63, 3.8) is 0 Å². The summed E-state index contributed by atoms with van der Waals surface area (Å²) in [6, 6.07) is 6.18. The number of rotatable bonds is 9. The number of hydrogen-bond acceptors (Lipinski definition) is 8. The van der Waals surface area contributed by atoms with Gasteiger partial charge in [-0.05, 0) is 49.4 Å². The predicted octanol–water partition coefficient (Wildman–Crippen LogP) is 2.65. The molecule has 1 saturated carbocycles. The molecule has 2 aromatic heterocycles. The molecule has 0 bridgehead atoms. The summed E-state index contributed by atoms with van der Waals surface area (Å²) in [5, 5.41) is 12.4. The summed E-state index contributed by atoms with van der Waals surface area (Å²) < 4.78 is 43.0. The van der Waals surface area contributed by atoms with Gasteiger partial charge in [-0.15, -0.1) is 0 Å². The smallest absolute Gasteiger partial charge is 0.333 e. The van der Waals surface area contributed by atoms with E-state index < -0.39 is 10.3 Å². The zero-order chi connectivity index (χ0) is 24.3. The molecule has 180 valence electrons. The second-order valence-corrected chi connectivity index (χ2v) is 10.2. The fraction of sp³-hybridized carbons (Fsp3) is 0.333. The summed E-state index contributed by atoms with van der Waals surface area (Å²) in [7, 11) is -3.98. The van der Waals surface area contributed by atoms with Crippen LogP contribution in [0.3, 0.4) is 0 Å². The Balaban J connectivity index is 1.44. The summed E-state index contributed by atoms with van der Waals surface area (Å²) in [4.78, 5) is 21.3. The van der Waals surface area contributed by atoms with Crippen molar-refractivity contribution in [1.29, 1.82) is 0 Å². The van der Waals surface area contributed by atoms with Crippen molar-refractivity contribution in [1.82, 2.24) is 19.7 Å². The van der Waals surface area contributed by atoms with Gasteiger partial charge in [-0.3, -0.25) is 13.7 Å². The standard InChI is InChI=1S/C21H22BrFN6O4S/c22-15-2-4-18(23)14(8-15)10-29-6-5-19(28-29)20(30)17-9-25-12-26-21(17)27-16-3-1-13(7-16)11-33-34(24,31)32/h2,4-6,8-9,12-13,16H,1,3,7,10-11H2,(H2,24,31,32)(H,25,26,27)/t13-,16+/m1/s1. The Morgan fingerprint density at radius 3 is 2.94 bits per heavy atom. The van der Waals surface area contributed by atoms with Gasteiger partial charge < -0.3 is 5.32 Å². The normalized spacial score (nSPS) is 18.2. The van der Waals surface area contributed by atoms with E-state index in [1.807, 2.05) is 0 Å². The highest BCUT2D eigenvalue weighted by Gasteiger charge is 2.28. The highest BCUT2D eigenvalue weighted by Crippen LogP contribution is 2.29. The first kappa shape index (κ1) is 24.4. The first-order chi connectivity index (χ1) is 16.2. The third kappa shape index (κ3) is 6.23. The van der Waals surface area contributed by atoms with Gasteiger partial charge in [0.05, 0.1) is 18.7 Å². The van der Waals surface area contributed by atoms with E-state index in [4.69, 9.17) is 9.32 Å². The minimum absolute atomic E-state index is 0.0165. The van der Waals surface area contributed by atoms with Crippen LogP contribution in [-0.2, 0) is 21.0 Å². The van der Waals surface area contributed by atoms with Crippen LogP contribution >= 0.6 is 15.9 Å². The lowest BCUT2D eigenvalue weighted by atomic mass is 10.1. The van der Waals surface area contributed by atoms with E-state index >= 15 is 0 Å². The van der Waals surface area contributed by atoms with Gasteiger partial charge in [0.1, 0.15) is 23.7 Å². The molecule has 1 aromatic carbocycles. The third-order valence-electron chi connectivity index (χ3n) is 5.52. The Morgan fingerprint density at radius 1 is 1.32 bits per heavy atom. The minimum Gasteiger partial charge on any atom is -0.367 e. The molecular formula is C21H22BrFN6O4S. The van der Waals surface area contributed by atoms with E-state index in [0.717, 1.165) is 17.3 Å². The fourth-order valence-corrected chi connectivity index (χ4v) is 4.69. The first-order valence-electron chi connectivity index (χ1n) is 10.4. The molecule has 34 heavy (non-hydrogen) atoms. The number of hydrogen-bond donors (Lipinski definition) is 2. The lowest BCUT2D eigenvalue weighted by Gasteiger charge is -2.15. The first-order valence-corrected chi connectivity index (χ1v) is 12.7. The Hall–Kier alpha value is -2.74. The molecule has 4 rings (SSSR count). The molecule has 13 heteroatoms. The Kier molecular flexibility index (Phi) is 7.36. The summed E-state index contributed by atoms with van der Waals surface area (Å²) in [6.45, 7) is 0.182. The quantitative estimate of drug-likeness (QED) is 0.385. The molecule has 0 aliphatic heterocycles. The molecule has 1 fully saturated rings. The molecule has 2 heterocycles. The number of benzene rings is 1. The molecule has 0 amide bonds. The molecule has 0 saturated heterocycles. The average molecular weight is 553 g/mol. The van der Waals surface area contributed by atoms with E-state index in [2.05, 4.69) is 36.3 Å². The molecular weight excluding hydrogens is 531 g/mol. The SMILES string of the molecule is NS(=O)(=O)OC[C@@H]1CC[C@H](Nc2ncncc2C(=O)c2ccn(Cc3cc(Br)ccc3F)n2)C1. The maximum Gasteiger partial charge on any atom is 0.333 e. The summed E-state index contributed by atoms with van der Waals surface area (Å²) >= 11 is 3.32. The molecule has 10 nitrogen and oxygen atoms in total. The van der Waals surface area contributed by atoms with Crippen LogP contribution < -0.4 is 10.5 Å². The average Bonchev–Trinajstić information content (AvgIpc) is 3.44. The molecule has 0 unspecified atom stereocenters. The molecule has 0 spiro atoms. The molecule has 3 N–H and O–H groups in total. The second-order valence-electron chi connectivity index (χ2n) is 8.05. The Morgan fingerprint density at radius 2 is 2.15 bits per heavy atom. The zero-order valence-corrected chi connectivity index (χ0v) is 20.3. The predicted molar refractivity (Wildman–Crippen MR) is 125 cm³/mol. The van der Waals surface area contributed by atoms with E-state index in [-0.39, 0.29) is 48.0 Å². The van der Waals surface area contributed by atoms with E-state index in [1.54, 1.807) is 24.4 Å². The number of anilines is 1. The van der Waals surface area contributed by atoms with Crippen molar-refractivity contribution in [3.8, 4) is 0 Å². The summed E-state index contributed by atoms with van der Waals surface area (Å²) in [5.74, 6) is -0.348. The van der Waals surface area contributed by atoms with Gasteiger partial charge in [-0.1, -0.05) is 15.9 Å². The summed E-state index contributed by atoms with van der Waals surface area (Å²) in [6.07, 6.45) is 6.50. The van der Waals surface area contributed by atoms with Gasteiger partial charge in [0.15, 0.2) is 0 Å². The minimum atomic E-state index is -3.98. The van der Waals surface area contributed by atoms with Gasteiger partial charge in [-0.2, -0.15) is 13.5 Å². The highest BCUT2D eigenvalue weighted by molar-refractivity contribution is 9.10. The van der Waals surface area contributed by atoms with Gasteiger partial charge in [-0.25, -0.2) is 19.5 Å². The highest BCUT2D eigenvalue weighted by atomic mass is 79.9. The van der Waals surface area contributed by atoms with Gasteiger partial charge in [0.25, 0.3) is 0 Å². The monoisotopic (exact) mass is 552 g/mol. The maximum atomic E-state index is 14.1. The van der Waals surface area contributed by atoms with Crippen LogP contribution in [-0.4, -0.2) is 46.6 Å². The van der Waals surface area contributed by atoms with Crippen molar-refractivity contribution >= 4 is 37.8 Å². The summed E-state index contributed by atoms with van der Waals surface area (Å²) in [5.41, 5.74) is 0.869. The molecule has 3 aromatic rings. The number of carbonyl (C=O) groups excluding carboxylic acids is 1. The second kappa shape index (κ2) is 10.3. The number of carbonyl (C=O) groups is 1. The van der Waals surface area contributed by atoms with Crippen LogP contribution in [0.5, 0.6) is 0 Å². The van der Waals surface area contributed by atoms with Crippen molar-refractivity contribution in [2.75, 3.05) is 11.9 Å². The third-order valence-corrected chi connectivity index (χ3v) is 6.48. The van der Waals surface area contributed by atoms with Crippen LogP contribution in [0, 0.1) is 11.7 Å². The van der Waals surface area contributed by atoms with Crippen molar-refractivity contribution < 1.29 is 21.8 Å². The maximum absolute atomic E-state index is 14.1. The van der Waals surface area contributed by atoms with Crippen LogP contribution in [0.25, 0.3) is 0 Å². The largest absolute Gasteiger partial charge is 0.367 e. The number of nitrogens with one attached hydrogen (secondary N) is 1. The van der Waals surface area contributed by atoms with Crippen LogP contribution in [0.15, 0.2) is 47.5 Å². The number of ketones is 1. The molecule has 0 radical (unpaired) electrons. The Labute approximate surface area is 204 Å². The molecule has 1 aliphatic rings. The topological polar surface area (TPSA) is 142 Å². The lowest BCUT2D eigenvalue weighted by molar-refractivity contribution is 0.103. The zero-order valence-electron chi connectivity index (χ0n) is 17.9. The van der Waals surface area contributed by atoms with Crippen LogP contribution in [0.4, 0.5) is 10.2 Å². The van der Waals surface area contributed by atoms with Gasteiger partial charge >= 0.3 is 10.3 Å². The number of nitrogens with two attached hydrogens (primary N) is 1. The lowest BCUT2D eigenvalue weighted by Crippen LogP contribution is -2.22.